The Hall–Kier alpha value is -1.40. The number of amides is 1. The van der Waals surface area contributed by atoms with Crippen LogP contribution in [-0.2, 0) is 16.0 Å². The first-order valence-corrected chi connectivity index (χ1v) is 7.01. The number of aryl methyl sites for hydroxylation is 1. The molecule has 1 aromatic heterocycles. The normalized spacial score (nSPS) is 12.2. The molecule has 0 aliphatic heterocycles. The first-order valence-electron chi connectivity index (χ1n) is 6.20. The second-order valence-corrected chi connectivity index (χ2v) is 5.31. The lowest BCUT2D eigenvalue weighted by Crippen LogP contribution is -2.28. The quantitative estimate of drug-likeness (QED) is 0.842. The topological polar surface area (TPSA) is 75.6 Å². The zero-order valence-corrected chi connectivity index (χ0v) is 12.4. The van der Waals surface area contributed by atoms with Gasteiger partial charge in [0.25, 0.3) is 5.91 Å². The van der Waals surface area contributed by atoms with Gasteiger partial charge in [-0.15, -0.1) is 11.3 Å². The van der Waals surface area contributed by atoms with Crippen molar-refractivity contribution < 1.29 is 19.4 Å². The molecule has 0 fully saturated rings. The van der Waals surface area contributed by atoms with Crippen molar-refractivity contribution in [1.82, 2.24) is 0 Å². The molecule has 0 saturated carbocycles. The van der Waals surface area contributed by atoms with Crippen molar-refractivity contribution in [2.24, 2.45) is 0 Å². The number of thiophene rings is 1. The molecule has 19 heavy (non-hydrogen) atoms. The molecule has 0 aliphatic carbocycles. The number of hydrogen-bond acceptors (Lipinski definition) is 4. The van der Waals surface area contributed by atoms with Crippen molar-refractivity contribution in [3.05, 3.63) is 16.0 Å². The first-order chi connectivity index (χ1) is 8.92. The summed E-state index contributed by atoms with van der Waals surface area (Å²) >= 11 is 1.29. The number of hydrogen-bond donors (Lipinski definition) is 2. The zero-order chi connectivity index (χ0) is 14.6. The number of carbonyl (C=O) groups is 2. The van der Waals surface area contributed by atoms with E-state index in [1.54, 1.807) is 13.8 Å². The van der Waals surface area contributed by atoms with E-state index in [9.17, 15) is 14.7 Å². The van der Waals surface area contributed by atoms with Crippen LogP contribution >= 0.6 is 11.3 Å². The van der Waals surface area contributed by atoms with Gasteiger partial charge in [0.15, 0.2) is 0 Å². The maximum absolute atomic E-state index is 11.9. The van der Waals surface area contributed by atoms with E-state index < -0.39 is 12.1 Å². The molecule has 0 bridgehead atoms. The van der Waals surface area contributed by atoms with Gasteiger partial charge in [0, 0.05) is 11.5 Å². The summed E-state index contributed by atoms with van der Waals surface area (Å²) in [6, 6.07) is 0. The van der Waals surface area contributed by atoms with Gasteiger partial charge in [-0.2, -0.15) is 0 Å². The summed E-state index contributed by atoms with van der Waals surface area (Å²) in [5.41, 5.74) is 0.971. The summed E-state index contributed by atoms with van der Waals surface area (Å²) in [6.45, 7) is 7.63. The molecule has 1 heterocycles. The number of aromatic carboxylic acids is 1. The standard InChI is InChI=1S/C13H19NO4S/c1-5-9-8(4)19-12(10(9)13(16)17)14-11(15)7(3)18-6-2/h7H,5-6H2,1-4H3,(H,14,15)(H,16,17). The van der Waals surface area contributed by atoms with Gasteiger partial charge in [0.1, 0.15) is 11.1 Å². The summed E-state index contributed by atoms with van der Waals surface area (Å²) in [6.07, 6.45) is 0.0278. The summed E-state index contributed by atoms with van der Waals surface area (Å²) < 4.78 is 5.18. The van der Waals surface area contributed by atoms with Gasteiger partial charge in [-0.1, -0.05) is 6.92 Å². The van der Waals surface area contributed by atoms with Gasteiger partial charge in [0.2, 0.25) is 0 Å². The van der Waals surface area contributed by atoms with Gasteiger partial charge in [-0.25, -0.2) is 4.79 Å². The molecule has 2 N–H and O–H groups in total. The highest BCUT2D eigenvalue weighted by atomic mass is 32.1. The Labute approximate surface area is 116 Å². The predicted octanol–water partition coefficient (Wildman–Crippen LogP) is 2.68. The van der Waals surface area contributed by atoms with E-state index in [0.717, 1.165) is 10.4 Å². The molecular weight excluding hydrogens is 266 g/mol. The number of nitrogens with one attached hydrogen (secondary N) is 1. The smallest absolute Gasteiger partial charge is 0.339 e. The summed E-state index contributed by atoms with van der Waals surface area (Å²) in [5.74, 6) is -1.34. The van der Waals surface area contributed by atoms with Gasteiger partial charge < -0.3 is 15.2 Å². The minimum atomic E-state index is -1.01. The highest BCUT2D eigenvalue weighted by Gasteiger charge is 2.23. The van der Waals surface area contributed by atoms with E-state index in [0.29, 0.717) is 18.0 Å². The molecule has 1 amide bonds. The van der Waals surface area contributed by atoms with Crippen molar-refractivity contribution in [2.45, 2.75) is 40.2 Å². The summed E-state index contributed by atoms with van der Waals surface area (Å²) in [5, 5.41) is 12.3. The van der Waals surface area contributed by atoms with Crippen LogP contribution in [0.25, 0.3) is 0 Å². The van der Waals surface area contributed by atoms with Crippen LogP contribution < -0.4 is 5.32 Å². The van der Waals surface area contributed by atoms with Crippen LogP contribution in [0.2, 0.25) is 0 Å². The Morgan fingerprint density at radius 3 is 2.53 bits per heavy atom. The largest absolute Gasteiger partial charge is 0.478 e. The molecule has 1 atom stereocenters. The van der Waals surface area contributed by atoms with Gasteiger partial charge >= 0.3 is 5.97 Å². The third-order valence-corrected chi connectivity index (χ3v) is 3.86. The second-order valence-electron chi connectivity index (χ2n) is 4.09. The first kappa shape index (κ1) is 15.7. The van der Waals surface area contributed by atoms with Crippen LogP contribution in [0.1, 0.15) is 41.6 Å². The summed E-state index contributed by atoms with van der Waals surface area (Å²) in [4.78, 5) is 24.1. The average Bonchev–Trinajstić information content (AvgIpc) is 2.65. The molecule has 1 rings (SSSR count). The third-order valence-electron chi connectivity index (χ3n) is 2.80. The Kier molecular flexibility index (Phi) is 5.50. The van der Waals surface area contributed by atoms with E-state index >= 15 is 0 Å². The zero-order valence-electron chi connectivity index (χ0n) is 11.6. The molecule has 0 aliphatic rings. The molecule has 106 valence electrons. The second kappa shape index (κ2) is 6.68. The van der Waals surface area contributed by atoms with Crippen molar-refractivity contribution >= 4 is 28.2 Å². The molecule has 1 aromatic rings. The van der Waals surface area contributed by atoms with Crippen molar-refractivity contribution in [1.29, 1.82) is 0 Å². The van der Waals surface area contributed by atoms with Crippen molar-refractivity contribution in [3.8, 4) is 0 Å². The van der Waals surface area contributed by atoms with E-state index in [4.69, 9.17) is 4.74 Å². The van der Waals surface area contributed by atoms with Crippen LogP contribution in [0.3, 0.4) is 0 Å². The molecule has 0 aromatic carbocycles. The van der Waals surface area contributed by atoms with E-state index in [1.165, 1.54) is 11.3 Å². The fourth-order valence-electron chi connectivity index (χ4n) is 1.86. The monoisotopic (exact) mass is 285 g/mol. The molecule has 1 unspecified atom stereocenters. The fourth-order valence-corrected chi connectivity index (χ4v) is 3.00. The number of carbonyl (C=O) groups excluding carboxylic acids is 1. The van der Waals surface area contributed by atoms with Crippen molar-refractivity contribution in [3.63, 3.8) is 0 Å². The van der Waals surface area contributed by atoms with Crippen LogP contribution in [0.4, 0.5) is 5.00 Å². The van der Waals surface area contributed by atoms with Crippen LogP contribution in [0.15, 0.2) is 0 Å². The average molecular weight is 285 g/mol. The number of carboxylic acid groups (broad SMARTS) is 1. The van der Waals surface area contributed by atoms with Crippen LogP contribution in [0, 0.1) is 6.92 Å². The lowest BCUT2D eigenvalue weighted by atomic mass is 10.1. The third kappa shape index (κ3) is 3.54. The Balaban J connectivity index is 3.01. The van der Waals surface area contributed by atoms with Crippen LogP contribution in [-0.4, -0.2) is 29.7 Å². The molecule has 6 heteroatoms. The van der Waals surface area contributed by atoms with Gasteiger partial charge in [-0.3, -0.25) is 4.79 Å². The highest BCUT2D eigenvalue weighted by Crippen LogP contribution is 2.33. The number of rotatable bonds is 6. The number of carboxylic acids is 1. The van der Waals surface area contributed by atoms with E-state index in [2.05, 4.69) is 5.32 Å². The van der Waals surface area contributed by atoms with Gasteiger partial charge in [0.05, 0.1) is 5.56 Å². The minimum Gasteiger partial charge on any atom is -0.478 e. The van der Waals surface area contributed by atoms with E-state index in [1.807, 2.05) is 13.8 Å². The Bertz CT molecular complexity index is 481. The Morgan fingerprint density at radius 1 is 1.42 bits per heavy atom. The Morgan fingerprint density at radius 2 is 2.05 bits per heavy atom. The number of anilines is 1. The highest BCUT2D eigenvalue weighted by molar-refractivity contribution is 7.16. The summed E-state index contributed by atoms with van der Waals surface area (Å²) in [7, 11) is 0. The molecule has 0 spiro atoms. The minimum absolute atomic E-state index is 0.196. The van der Waals surface area contributed by atoms with E-state index in [-0.39, 0.29) is 11.5 Å². The molecule has 0 radical (unpaired) electrons. The van der Waals surface area contributed by atoms with Crippen molar-refractivity contribution in [2.75, 3.05) is 11.9 Å². The molecular formula is C13H19NO4S. The maximum Gasteiger partial charge on any atom is 0.339 e. The SMILES string of the molecule is CCOC(C)C(=O)Nc1sc(C)c(CC)c1C(=O)O. The molecule has 0 saturated heterocycles. The lowest BCUT2D eigenvalue weighted by Gasteiger charge is -2.11. The fraction of sp³-hybridized carbons (Fsp3) is 0.538. The molecule has 5 nitrogen and oxygen atoms in total. The number of ether oxygens (including phenoxy) is 1. The lowest BCUT2D eigenvalue weighted by molar-refractivity contribution is -0.126. The maximum atomic E-state index is 11.9. The van der Waals surface area contributed by atoms with Crippen LogP contribution in [0.5, 0.6) is 0 Å². The predicted molar refractivity (Wildman–Crippen MR) is 75.1 cm³/mol. The van der Waals surface area contributed by atoms with Gasteiger partial charge in [-0.05, 0) is 32.8 Å².